The van der Waals surface area contributed by atoms with Crippen LogP contribution in [0.3, 0.4) is 0 Å². The van der Waals surface area contributed by atoms with Crippen LogP contribution in [-0.4, -0.2) is 46.5 Å². The molecule has 0 aliphatic heterocycles. The number of carbonyl (C=O) groups excluding carboxylic acids is 2. The first kappa shape index (κ1) is 26.7. The number of benzene rings is 2. The molecule has 0 saturated heterocycles. The molecule has 0 radical (unpaired) electrons. The molecule has 2 aromatic carbocycles. The van der Waals surface area contributed by atoms with E-state index in [1.54, 1.807) is 74.6 Å². The third kappa shape index (κ3) is 6.04. The van der Waals surface area contributed by atoms with Gasteiger partial charge in [-0.3, -0.25) is 14.0 Å². The summed E-state index contributed by atoms with van der Waals surface area (Å²) in [5.41, 5.74) is 7.32. The van der Waals surface area contributed by atoms with E-state index in [-0.39, 0.29) is 11.6 Å². The summed E-state index contributed by atoms with van der Waals surface area (Å²) < 4.78 is 11.9. The number of imidazole rings is 1. The lowest BCUT2D eigenvalue weighted by molar-refractivity contribution is -0.122. The van der Waals surface area contributed by atoms with Gasteiger partial charge in [-0.25, -0.2) is 9.78 Å². The number of aromatic nitrogens is 2. The van der Waals surface area contributed by atoms with Crippen molar-refractivity contribution in [2.24, 2.45) is 5.73 Å². The van der Waals surface area contributed by atoms with Crippen molar-refractivity contribution in [3.8, 4) is 11.5 Å². The van der Waals surface area contributed by atoms with Crippen molar-refractivity contribution in [2.45, 2.75) is 19.3 Å². The Labute approximate surface area is 213 Å². The highest BCUT2D eigenvalue weighted by Crippen LogP contribution is 2.28. The topological polar surface area (TPSA) is 145 Å². The van der Waals surface area contributed by atoms with E-state index >= 15 is 0 Å². The molecule has 0 unspecified atom stereocenters. The molecule has 192 valence electrons. The van der Waals surface area contributed by atoms with Crippen molar-refractivity contribution in [1.29, 1.82) is 0 Å². The molecule has 4 rings (SSSR count). The van der Waals surface area contributed by atoms with Crippen LogP contribution in [0.5, 0.6) is 11.5 Å². The molecule has 0 aliphatic carbocycles. The van der Waals surface area contributed by atoms with Crippen molar-refractivity contribution < 1.29 is 29.0 Å². The van der Waals surface area contributed by atoms with Gasteiger partial charge in [0.1, 0.15) is 5.65 Å². The Hall–Kier alpha value is -4.86. The van der Waals surface area contributed by atoms with Crippen molar-refractivity contribution in [3.63, 3.8) is 0 Å². The zero-order chi connectivity index (χ0) is 27.2. The van der Waals surface area contributed by atoms with Crippen LogP contribution in [0.1, 0.15) is 40.3 Å². The molecule has 0 bridgehead atoms. The smallest absolute Gasteiger partial charge is 0.354 e. The van der Waals surface area contributed by atoms with E-state index in [1.807, 2.05) is 6.07 Å². The number of pyridine rings is 1. The number of aromatic carboxylic acids is 1. The number of nitrogens with two attached hydrogens (primary N) is 1. The van der Waals surface area contributed by atoms with Gasteiger partial charge in [0.25, 0.3) is 5.91 Å². The number of anilines is 1. The molecule has 0 aliphatic rings. The molecule has 4 aromatic rings. The lowest BCUT2D eigenvalue weighted by Crippen LogP contribution is -2.35. The summed E-state index contributed by atoms with van der Waals surface area (Å²) in [5, 5.41) is 11.5. The minimum Gasteiger partial charge on any atom is -0.493 e. The van der Waals surface area contributed by atoms with E-state index in [4.69, 9.17) is 20.3 Å². The number of hydrogen-bond donors (Lipinski definition) is 3. The molecule has 0 atom stereocenters. The number of nitrogens with zero attached hydrogens (tertiary/aromatic N) is 2. The van der Waals surface area contributed by atoms with E-state index < -0.39 is 17.3 Å². The van der Waals surface area contributed by atoms with Crippen molar-refractivity contribution in [2.75, 3.05) is 19.5 Å². The molecule has 4 N–H and O–H groups in total. The molecule has 2 amide bonds. The molecule has 37 heavy (non-hydrogen) atoms. The molecular formula is C27H28N4O6. The number of amides is 2. The lowest BCUT2D eigenvalue weighted by atomic mass is 9.84. The molecular weight excluding hydrogens is 476 g/mol. The maximum absolute atomic E-state index is 12.4. The number of carbonyl (C=O) groups is 3. The minimum atomic E-state index is -0.964. The predicted molar refractivity (Wildman–Crippen MR) is 138 cm³/mol. The second kappa shape index (κ2) is 11.3. The van der Waals surface area contributed by atoms with Crippen LogP contribution in [-0.2, 0) is 10.2 Å². The number of hydrogen-bond acceptors (Lipinski definition) is 6. The Morgan fingerprint density at radius 1 is 0.973 bits per heavy atom. The van der Waals surface area contributed by atoms with Gasteiger partial charge in [0, 0.05) is 17.4 Å². The van der Waals surface area contributed by atoms with Crippen LogP contribution in [0.25, 0.3) is 5.65 Å². The average molecular weight is 505 g/mol. The number of methoxy groups -OCH3 is 2. The lowest BCUT2D eigenvalue weighted by Gasteiger charge is -2.21. The Kier molecular flexibility index (Phi) is 8.13. The average Bonchev–Trinajstić information content (AvgIpc) is 3.33. The summed E-state index contributed by atoms with van der Waals surface area (Å²) in [4.78, 5) is 38.4. The molecule has 0 spiro atoms. The Balaban J connectivity index is 0.000000262. The second-order valence-corrected chi connectivity index (χ2v) is 8.47. The highest BCUT2D eigenvalue weighted by atomic mass is 16.5. The first-order chi connectivity index (χ1) is 17.6. The summed E-state index contributed by atoms with van der Waals surface area (Å²) in [6.45, 7) is 3.51. The zero-order valence-corrected chi connectivity index (χ0v) is 20.9. The second-order valence-electron chi connectivity index (χ2n) is 8.47. The minimum absolute atomic E-state index is 0.186. The summed E-state index contributed by atoms with van der Waals surface area (Å²) in [6, 6.07) is 17.3. The number of fused-ring (bicyclic) bond motifs is 1. The van der Waals surface area contributed by atoms with Gasteiger partial charge in [-0.1, -0.05) is 18.2 Å². The number of carboxylic acids is 1. The number of ether oxygens (including phenoxy) is 2. The normalized spacial score (nSPS) is 10.7. The largest absolute Gasteiger partial charge is 0.493 e. The third-order valence-electron chi connectivity index (χ3n) is 5.76. The predicted octanol–water partition coefficient (Wildman–Crippen LogP) is 3.75. The highest BCUT2D eigenvalue weighted by Gasteiger charge is 2.27. The number of rotatable bonds is 7. The summed E-state index contributed by atoms with van der Waals surface area (Å²) in [5.74, 6) is -0.614. The highest BCUT2D eigenvalue weighted by molar-refractivity contribution is 6.04. The van der Waals surface area contributed by atoms with Crippen LogP contribution in [0.15, 0.2) is 73.1 Å². The van der Waals surface area contributed by atoms with Crippen LogP contribution in [0.2, 0.25) is 0 Å². The summed E-state index contributed by atoms with van der Waals surface area (Å²) in [6.07, 6.45) is 3.02. The van der Waals surface area contributed by atoms with Gasteiger partial charge in [0.05, 0.1) is 25.8 Å². The molecule has 2 aromatic heterocycles. The van der Waals surface area contributed by atoms with Crippen molar-refractivity contribution in [3.05, 3.63) is 89.9 Å². The van der Waals surface area contributed by atoms with Gasteiger partial charge in [0.15, 0.2) is 17.2 Å². The molecule has 0 saturated carbocycles. The van der Waals surface area contributed by atoms with Crippen LogP contribution in [0.4, 0.5) is 5.69 Å². The Morgan fingerprint density at radius 2 is 1.65 bits per heavy atom. The Bertz CT molecular complexity index is 1430. The maximum atomic E-state index is 12.4. The van der Waals surface area contributed by atoms with E-state index in [1.165, 1.54) is 24.8 Å². The fourth-order valence-electron chi connectivity index (χ4n) is 3.38. The van der Waals surface area contributed by atoms with Gasteiger partial charge in [-0.05, 0) is 61.9 Å². The molecule has 0 fully saturated rings. The Morgan fingerprint density at radius 3 is 2.24 bits per heavy atom. The quantitative estimate of drug-likeness (QED) is 0.347. The van der Waals surface area contributed by atoms with E-state index in [0.717, 1.165) is 5.56 Å². The van der Waals surface area contributed by atoms with Gasteiger partial charge >= 0.3 is 5.97 Å². The summed E-state index contributed by atoms with van der Waals surface area (Å²) >= 11 is 0. The summed E-state index contributed by atoms with van der Waals surface area (Å²) in [7, 11) is 3.05. The monoisotopic (exact) mass is 504 g/mol. The fraction of sp³-hybridized carbons (Fsp3) is 0.185. The SMILES string of the molecule is COc1ccc(C(=O)Nc2ccc(C(C)(C)C(N)=O)cc2)cc1OC.O=C(O)c1cnc2ccccn12. The fourth-order valence-corrected chi connectivity index (χ4v) is 3.38. The van der Waals surface area contributed by atoms with Crippen LogP contribution < -0.4 is 20.5 Å². The van der Waals surface area contributed by atoms with Crippen LogP contribution >= 0.6 is 0 Å². The van der Waals surface area contributed by atoms with E-state index in [9.17, 15) is 14.4 Å². The molecule has 2 heterocycles. The van der Waals surface area contributed by atoms with Crippen LogP contribution in [0, 0.1) is 0 Å². The maximum Gasteiger partial charge on any atom is 0.354 e. The van der Waals surface area contributed by atoms with Gasteiger partial charge in [0.2, 0.25) is 5.91 Å². The first-order valence-corrected chi connectivity index (χ1v) is 11.2. The van der Waals surface area contributed by atoms with E-state index in [2.05, 4.69) is 10.3 Å². The van der Waals surface area contributed by atoms with Crippen molar-refractivity contribution >= 4 is 29.1 Å². The van der Waals surface area contributed by atoms with Crippen molar-refractivity contribution in [1.82, 2.24) is 9.38 Å². The van der Waals surface area contributed by atoms with Gasteiger partial charge in [-0.2, -0.15) is 0 Å². The van der Waals surface area contributed by atoms with E-state index in [0.29, 0.717) is 28.4 Å². The molecule has 10 heteroatoms. The third-order valence-corrected chi connectivity index (χ3v) is 5.76. The first-order valence-electron chi connectivity index (χ1n) is 11.2. The molecule has 10 nitrogen and oxygen atoms in total. The number of nitrogens with one attached hydrogen (secondary N) is 1. The van der Waals surface area contributed by atoms with Gasteiger partial charge in [-0.15, -0.1) is 0 Å². The van der Waals surface area contributed by atoms with Gasteiger partial charge < -0.3 is 25.6 Å². The number of carboxylic acid groups (broad SMARTS) is 1. The number of primary amides is 1. The standard InChI is InChI=1S/C19H22N2O4.C8H6N2O2/c1-19(2,18(20)23)13-6-8-14(9-7-13)21-17(22)12-5-10-15(24-3)16(11-12)25-4;11-8(12)6-5-9-7-3-1-2-4-10(6)7/h5-11H,1-4H3,(H2,20,23)(H,21,22);1-5H,(H,11,12). The zero-order valence-electron chi connectivity index (χ0n) is 20.9.